The zero-order valence-corrected chi connectivity index (χ0v) is 25.9. The van der Waals surface area contributed by atoms with E-state index < -0.39 is 41.8 Å². The number of carbonyl (C=O) groups is 4. The maximum Gasteiger partial charge on any atom is 0.262 e. The summed E-state index contributed by atoms with van der Waals surface area (Å²) in [6.45, 7) is 0.745. The monoisotopic (exact) mass is 628 g/mol. The molecule has 0 aliphatic carbocycles. The van der Waals surface area contributed by atoms with E-state index in [4.69, 9.17) is 17.2 Å². The van der Waals surface area contributed by atoms with E-state index in [0.29, 0.717) is 37.2 Å². The predicted molar refractivity (Wildman–Crippen MR) is 177 cm³/mol. The van der Waals surface area contributed by atoms with Crippen molar-refractivity contribution in [3.8, 4) is 0 Å². The van der Waals surface area contributed by atoms with Crippen molar-refractivity contribution < 1.29 is 19.2 Å². The average molecular weight is 629 g/mol. The molecule has 0 aliphatic rings. The van der Waals surface area contributed by atoms with Crippen molar-refractivity contribution in [3.63, 3.8) is 0 Å². The Bertz CT molecular complexity index is 1610. The molecule has 3 aromatic carbocycles. The third-order valence-electron chi connectivity index (χ3n) is 7.51. The highest BCUT2D eigenvalue weighted by Crippen LogP contribution is 2.18. The van der Waals surface area contributed by atoms with Crippen LogP contribution in [0.5, 0.6) is 0 Å². The Labute approximate surface area is 266 Å². The molecular formula is C34H40N6O4S. The summed E-state index contributed by atoms with van der Waals surface area (Å²) in [5, 5.41) is 12.3. The average Bonchev–Trinajstić information content (AvgIpc) is 3.54. The first-order valence-corrected chi connectivity index (χ1v) is 15.9. The lowest BCUT2D eigenvalue weighted by molar-refractivity contribution is -0.132. The van der Waals surface area contributed by atoms with E-state index in [2.05, 4.69) is 16.0 Å². The third-order valence-corrected chi connectivity index (χ3v) is 8.49. The maximum atomic E-state index is 13.9. The first-order valence-electron chi connectivity index (χ1n) is 15.0. The Morgan fingerprint density at radius 2 is 1.31 bits per heavy atom. The van der Waals surface area contributed by atoms with Crippen molar-refractivity contribution in [2.75, 3.05) is 6.54 Å². The molecule has 0 saturated carbocycles. The number of rotatable bonds is 16. The van der Waals surface area contributed by atoms with Crippen molar-refractivity contribution >= 4 is 45.7 Å². The molecule has 1 heterocycles. The Morgan fingerprint density at radius 1 is 0.667 bits per heavy atom. The Morgan fingerprint density at radius 3 is 1.98 bits per heavy atom. The maximum absolute atomic E-state index is 13.9. The first-order chi connectivity index (χ1) is 21.8. The van der Waals surface area contributed by atoms with Gasteiger partial charge < -0.3 is 33.2 Å². The van der Waals surface area contributed by atoms with Gasteiger partial charge in [0.25, 0.3) is 5.91 Å². The van der Waals surface area contributed by atoms with Crippen LogP contribution in [0.25, 0.3) is 10.8 Å². The summed E-state index contributed by atoms with van der Waals surface area (Å²) < 4.78 is 0. The van der Waals surface area contributed by atoms with E-state index in [1.807, 2.05) is 72.8 Å². The summed E-state index contributed by atoms with van der Waals surface area (Å²) in [6.07, 6.45) is 1.95. The van der Waals surface area contributed by atoms with Gasteiger partial charge in [-0.25, -0.2) is 0 Å². The van der Waals surface area contributed by atoms with Gasteiger partial charge in [0.2, 0.25) is 17.7 Å². The summed E-state index contributed by atoms with van der Waals surface area (Å²) >= 11 is 1.24. The van der Waals surface area contributed by atoms with Gasteiger partial charge in [0, 0.05) is 19.4 Å². The van der Waals surface area contributed by atoms with Gasteiger partial charge in [0.1, 0.15) is 18.1 Å². The molecule has 45 heavy (non-hydrogen) atoms. The van der Waals surface area contributed by atoms with E-state index in [-0.39, 0.29) is 12.8 Å². The molecule has 9 N–H and O–H groups in total. The van der Waals surface area contributed by atoms with Crippen LogP contribution in [0.4, 0.5) is 0 Å². The molecule has 10 nitrogen and oxygen atoms in total. The number of nitrogens with two attached hydrogens (primary N) is 3. The number of amides is 4. The highest BCUT2D eigenvalue weighted by Gasteiger charge is 2.30. The van der Waals surface area contributed by atoms with Crippen molar-refractivity contribution in [1.29, 1.82) is 0 Å². The van der Waals surface area contributed by atoms with Gasteiger partial charge in [-0.05, 0) is 64.7 Å². The molecule has 0 saturated heterocycles. The Hall–Kier alpha value is -4.58. The molecule has 236 valence electrons. The zero-order valence-electron chi connectivity index (χ0n) is 25.0. The minimum absolute atomic E-state index is 0.161. The minimum Gasteiger partial charge on any atom is -0.368 e. The normalized spacial score (nSPS) is 13.0. The number of unbranched alkanes of at least 4 members (excludes halogenated alkanes) is 1. The molecule has 0 aliphatic heterocycles. The van der Waals surface area contributed by atoms with Gasteiger partial charge in [-0.15, -0.1) is 11.3 Å². The highest BCUT2D eigenvalue weighted by atomic mass is 32.1. The predicted octanol–water partition coefficient (Wildman–Crippen LogP) is 2.53. The molecule has 4 amide bonds. The van der Waals surface area contributed by atoms with Crippen LogP contribution < -0.4 is 33.2 Å². The van der Waals surface area contributed by atoms with Gasteiger partial charge in [-0.2, -0.15) is 0 Å². The van der Waals surface area contributed by atoms with E-state index in [1.54, 1.807) is 11.4 Å². The molecule has 0 radical (unpaired) electrons. The van der Waals surface area contributed by atoms with Crippen LogP contribution in [0.1, 0.15) is 45.6 Å². The minimum atomic E-state index is -1.04. The molecule has 3 atom stereocenters. The number of fused-ring (bicyclic) bond motifs is 1. The lowest BCUT2D eigenvalue weighted by Gasteiger charge is -2.25. The summed E-state index contributed by atoms with van der Waals surface area (Å²) in [5.74, 6) is -2.18. The fourth-order valence-corrected chi connectivity index (χ4v) is 5.85. The fourth-order valence-electron chi connectivity index (χ4n) is 5.02. The van der Waals surface area contributed by atoms with Gasteiger partial charge in [0.15, 0.2) is 0 Å². The molecule has 4 aromatic rings. The number of hydrogen-bond donors (Lipinski definition) is 6. The highest BCUT2D eigenvalue weighted by molar-refractivity contribution is 7.12. The molecule has 11 heteroatoms. The topological polar surface area (TPSA) is 182 Å². The largest absolute Gasteiger partial charge is 0.368 e. The quantitative estimate of drug-likeness (QED) is 0.104. The third kappa shape index (κ3) is 9.70. The van der Waals surface area contributed by atoms with Crippen LogP contribution in [0.3, 0.4) is 0 Å². The second-order valence-corrected chi connectivity index (χ2v) is 11.8. The standard InChI is InChI=1S/C34H40N6O4S/c35-15-7-6-12-27(31(37)41)38-32(42)28(17-22-8-2-1-3-9-22)39-33(43)29(40-34(44)30-19-24(20-36)21-45-30)18-23-13-14-25-10-4-5-11-26(25)16-23/h1-5,8-11,13-14,16,19,21,27-29H,6-7,12,15,17-18,20,35-36H2,(H2,37,41)(H,38,42)(H,39,43)(H,40,44)/t27-,28-,29-/m0/s1. The summed E-state index contributed by atoms with van der Waals surface area (Å²) in [6, 6.07) is 21.7. The lowest BCUT2D eigenvalue weighted by atomic mass is 9.99. The zero-order chi connectivity index (χ0) is 32.2. The van der Waals surface area contributed by atoms with Crippen molar-refractivity contribution in [2.24, 2.45) is 17.2 Å². The lowest BCUT2D eigenvalue weighted by Crippen LogP contribution is -2.57. The van der Waals surface area contributed by atoms with E-state index in [1.165, 1.54) is 11.3 Å². The number of hydrogen-bond acceptors (Lipinski definition) is 7. The van der Waals surface area contributed by atoms with Gasteiger partial charge >= 0.3 is 0 Å². The molecule has 0 fully saturated rings. The second kappa shape index (κ2) is 16.5. The van der Waals surface area contributed by atoms with E-state index >= 15 is 0 Å². The Balaban J connectivity index is 1.59. The van der Waals surface area contributed by atoms with E-state index in [9.17, 15) is 19.2 Å². The van der Waals surface area contributed by atoms with Gasteiger partial charge in [-0.3, -0.25) is 19.2 Å². The van der Waals surface area contributed by atoms with Crippen molar-refractivity contribution in [1.82, 2.24) is 16.0 Å². The summed E-state index contributed by atoms with van der Waals surface area (Å²) in [4.78, 5) is 53.4. The van der Waals surface area contributed by atoms with Crippen molar-refractivity contribution in [2.45, 2.75) is 56.8 Å². The fraction of sp³-hybridized carbons (Fsp3) is 0.294. The number of carbonyl (C=O) groups excluding carboxylic acids is 4. The number of nitrogens with one attached hydrogen (secondary N) is 3. The molecule has 1 aromatic heterocycles. The number of primary amides is 1. The van der Waals surface area contributed by atoms with Crippen LogP contribution in [0.15, 0.2) is 84.2 Å². The van der Waals surface area contributed by atoms with Crippen LogP contribution in [-0.2, 0) is 33.8 Å². The molecule has 4 rings (SSSR count). The van der Waals surface area contributed by atoms with Gasteiger partial charge in [0.05, 0.1) is 4.88 Å². The smallest absolute Gasteiger partial charge is 0.262 e. The second-order valence-electron chi connectivity index (χ2n) is 10.9. The summed E-state index contributed by atoms with van der Waals surface area (Å²) in [5.41, 5.74) is 19.4. The summed E-state index contributed by atoms with van der Waals surface area (Å²) in [7, 11) is 0. The number of thiophene rings is 1. The molecule has 0 unspecified atom stereocenters. The molecule has 0 spiro atoms. The van der Waals surface area contributed by atoms with Crippen LogP contribution in [-0.4, -0.2) is 48.3 Å². The molecular weight excluding hydrogens is 588 g/mol. The molecule has 0 bridgehead atoms. The van der Waals surface area contributed by atoms with Gasteiger partial charge in [-0.1, -0.05) is 72.8 Å². The van der Waals surface area contributed by atoms with Crippen LogP contribution in [0, 0.1) is 0 Å². The first kappa shape index (κ1) is 33.3. The van der Waals surface area contributed by atoms with E-state index in [0.717, 1.165) is 27.5 Å². The van der Waals surface area contributed by atoms with Crippen molar-refractivity contribution in [3.05, 3.63) is 106 Å². The van der Waals surface area contributed by atoms with Crippen LogP contribution >= 0.6 is 11.3 Å². The van der Waals surface area contributed by atoms with Crippen LogP contribution in [0.2, 0.25) is 0 Å². The Kier molecular flexibility index (Phi) is 12.2. The number of benzene rings is 3. The SMILES string of the molecule is NCCCC[C@H](NC(=O)[C@H](Cc1ccccc1)NC(=O)[C@H](Cc1ccc2ccccc2c1)NC(=O)c1cc(CN)cs1)C(N)=O.